The van der Waals surface area contributed by atoms with E-state index >= 15 is 0 Å². The maximum Gasteiger partial charge on any atom is 0.230 e. The molecule has 0 aliphatic carbocycles. The van der Waals surface area contributed by atoms with Gasteiger partial charge in [0.2, 0.25) is 5.91 Å². The van der Waals surface area contributed by atoms with Crippen LogP contribution in [0.4, 0.5) is 5.69 Å². The first-order valence-electron chi connectivity index (χ1n) is 5.48. The largest absolute Gasteiger partial charge is 0.491 e. The van der Waals surface area contributed by atoms with E-state index in [0.29, 0.717) is 24.5 Å². The fourth-order valence-corrected chi connectivity index (χ4v) is 1.88. The van der Waals surface area contributed by atoms with Gasteiger partial charge < -0.3 is 14.7 Å². The first-order chi connectivity index (χ1) is 8.22. The molecule has 0 fully saturated rings. The Bertz CT molecular complexity index is 410. The molecule has 17 heavy (non-hydrogen) atoms. The molecule has 1 heterocycles. The number of rotatable bonds is 3. The molecule has 1 atom stereocenters. The van der Waals surface area contributed by atoms with E-state index in [-0.39, 0.29) is 18.3 Å². The molecule has 1 aromatic carbocycles. The Morgan fingerprint density at radius 1 is 1.47 bits per heavy atom. The molecular weight excluding hydrogens is 242 g/mol. The molecule has 0 saturated carbocycles. The summed E-state index contributed by atoms with van der Waals surface area (Å²) in [6.45, 7) is 0.562. The normalized spacial score (nSPS) is 17.1. The van der Waals surface area contributed by atoms with E-state index in [2.05, 4.69) is 0 Å². The molecule has 4 nitrogen and oxygen atoms in total. The van der Waals surface area contributed by atoms with Crippen LogP contribution in [0.1, 0.15) is 6.42 Å². The van der Waals surface area contributed by atoms with Crippen molar-refractivity contribution in [3.8, 4) is 5.75 Å². The maximum absolute atomic E-state index is 11.9. The lowest BCUT2D eigenvalue weighted by molar-refractivity contribution is -0.119. The second-order valence-electron chi connectivity index (χ2n) is 3.88. The van der Waals surface area contributed by atoms with Gasteiger partial charge >= 0.3 is 0 Å². The fourth-order valence-electron chi connectivity index (χ4n) is 1.78. The van der Waals surface area contributed by atoms with Crippen molar-refractivity contribution in [2.45, 2.75) is 12.5 Å². The number of anilines is 1. The van der Waals surface area contributed by atoms with Gasteiger partial charge in [0, 0.05) is 0 Å². The lowest BCUT2D eigenvalue weighted by Crippen LogP contribution is -2.37. The summed E-state index contributed by atoms with van der Waals surface area (Å²) in [6.07, 6.45) is -0.421. The van der Waals surface area contributed by atoms with Crippen LogP contribution in [0.5, 0.6) is 5.75 Å². The van der Waals surface area contributed by atoms with Crippen molar-refractivity contribution in [1.29, 1.82) is 0 Å². The van der Waals surface area contributed by atoms with Crippen molar-refractivity contribution >= 4 is 23.2 Å². The van der Waals surface area contributed by atoms with E-state index in [9.17, 15) is 9.90 Å². The van der Waals surface area contributed by atoms with E-state index < -0.39 is 6.10 Å². The quantitative estimate of drug-likeness (QED) is 0.831. The van der Waals surface area contributed by atoms with E-state index in [0.717, 1.165) is 0 Å². The minimum Gasteiger partial charge on any atom is -0.491 e. The van der Waals surface area contributed by atoms with Crippen LogP contribution in [0.15, 0.2) is 24.3 Å². The number of benzene rings is 1. The number of hydrogen-bond donors (Lipinski definition) is 1. The number of aliphatic hydroxyl groups is 1. The van der Waals surface area contributed by atoms with Crippen LogP contribution in [0, 0.1) is 0 Å². The molecule has 1 unspecified atom stereocenters. The predicted octanol–water partition coefficient (Wildman–Crippen LogP) is 1.40. The number of ether oxygens (including phenoxy) is 1. The number of amides is 1. The van der Waals surface area contributed by atoms with Gasteiger partial charge in [-0.2, -0.15) is 0 Å². The molecule has 1 aromatic rings. The predicted molar refractivity (Wildman–Crippen MR) is 65.6 cm³/mol. The highest BCUT2D eigenvalue weighted by atomic mass is 35.5. The van der Waals surface area contributed by atoms with Gasteiger partial charge in [-0.3, -0.25) is 4.79 Å². The summed E-state index contributed by atoms with van der Waals surface area (Å²) in [7, 11) is 0. The summed E-state index contributed by atoms with van der Waals surface area (Å²) in [5.74, 6) is 0.714. The first-order valence-corrected chi connectivity index (χ1v) is 6.02. The zero-order valence-corrected chi connectivity index (χ0v) is 10.1. The molecule has 92 valence electrons. The number of para-hydroxylation sites is 2. The summed E-state index contributed by atoms with van der Waals surface area (Å²) in [4.78, 5) is 13.5. The number of hydrogen-bond acceptors (Lipinski definition) is 3. The van der Waals surface area contributed by atoms with Gasteiger partial charge in [0.05, 0.1) is 37.2 Å². The molecule has 1 amide bonds. The minimum atomic E-state index is -0.730. The number of nitrogens with zero attached hydrogens (tertiary/aromatic N) is 1. The van der Waals surface area contributed by atoms with Crippen LogP contribution in [0.25, 0.3) is 0 Å². The molecule has 0 radical (unpaired) electrons. The average molecular weight is 256 g/mol. The van der Waals surface area contributed by atoms with Crippen molar-refractivity contribution in [2.75, 3.05) is 23.9 Å². The minimum absolute atomic E-state index is 0.0564. The fraction of sp³-hybridized carbons (Fsp3) is 0.417. The molecule has 1 aliphatic rings. The number of β-amino-alcohol motifs (C(OH)–C–C–N with tert-alkyl or cyclic N) is 1. The molecule has 0 saturated heterocycles. The van der Waals surface area contributed by atoms with Gasteiger partial charge in [0.25, 0.3) is 0 Å². The summed E-state index contributed by atoms with van der Waals surface area (Å²) < 4.78 is 5.49. The number of carbonyl (C=O) groups is 1. The average Bonchev–Trinajstić information content (AvgIpc) is 2.50. The second-order valence-corrected chi connectivity index (χ2v) is 4.19. The lowest BCUT2D eigenvalue weighted by atomic mass is 10.2. The van der Waals surface area contributed by atoms with E-state index in [4.69, 9.17) is 16.3 Å². The van der Waals surface area contributed by atoms with E-state index in [1.807, 2.05) is 18.2 Å². The smallest absolute Gasteiger partial charge is 0.230 e. The van der Waals surface area contributed by atoms with Crippen LogP contribution in [-0.2, 0) is 4.79 Å². The van der Waals surface area contributed by atoms with Crippen LogP contribution < -0.4 is 9.64 Å². The number of aliphatic hydroxyl groups excluding tert-OH is 1. The molecule has 2 rings (SSSR count). The molecule has 5 heteroatoms. The summed E-state index contributed by atoms with van der Waals surface area (Å²) in [5, 5.41) is 9.58. The Hall–Kier alpha value is -1.26. The molecule has 0 bridgehead atoms. The summed E-state index contributed by atoms with van der Waals surface area (Å²) >= 11 is 5.57. The second kappa shape index (κ2) is 5.38. The highest BCUT2D eigenvalue weighted by Crippen LogP contribution is 2.30. The summed E-state index contributed by atoms with van der Waals surface area (Å²) in [6, 6.07) is 7.30. The SMILES string of the molecule is O=C1CCOc2ccccc2N1CC(O)CCl. The molecule has 1 N–H and O–H groups in total. The van der Waals surface area contributed by atoms with Crippen molar-refractivity contribution in [3.63, 3.8) is 0 Å². The van der Waals surface area contributed by atoms with E-state index in [1.165, 1.54) is 4.90 Å². The highest BCUT2D eigenvalue weighted by Gasteiger charge is 2.24. The third kappa shape index (κ3) is 2.70. The Morgan fingerprint density at radius 2 is 2.24 bits per heavy atom. The van der Waals surface area contributed by atoms with Gasteiger partial charge in [0.1, 0.15) is 5.75 Å². The van der Waals surface area contributed by atoms with Crippen LogP contribution >= 0.6 is 11.6 Å². The van der Waals surface area contributed by atoms with Gasteiger partial charge in [0.15, 0.2) is 0 Å². The highest BCUT2D eigenvalue weighted by molar-refractivity contribution is 6.18. The number of alkyl halides is 1. The third-order valence-electron chi connectivity index (χ3n) is 2.60. The third-order valence-corrected chi connectivity index (χ3v) is 2.96. The number of halogens is 1. The van der Waals surface area contributed by atoms with Crippen molar-refractivity contribution in [1.82, 2.24) is 0 Å². The Morgan fingerprint density at radius 3 is 3.00 bits per heavy atom. The standard InChI is InChI=1S/C12H14ClNO3/c13-7-9(15)8-14-10-3-1-2-4-11(10)17-6-5-12(14)16/h1-4,9,15H,5-8H2. The van der Waals surface area contributed by atoms with Crippen molar-refractivity contribution in [2.24, 2.45) is 0 Å². The topological polar surface area (TPSA) is 49.8 Å². The molecule has 0 aromatic heterocycles. The Balaban J connectivity index is 2.30. The number of carbonyl (C=O) groups excluding carboxylic acids is 1. The van der Waals surface area contributed by atoms with Crippen LogP contribution in [0.2, 0.25) is 0 Å². The molecule has 0 spiro atoms. The van der Waals surface area contributed by atoms with Crippen molar-refractivity contribution in [3.05, 3.63) is 24.3 Å². The van der Waals surface area contributed by atoms with Crippen LogP contribution in [0.3, 0.4) is 0 Å². The van der Waals surface area contributed by atoms with Gasteiger partial charge in [-0.1, -0.05) is 12.1 Å². The Kier molecular flexibility index (Phi) is 3.86. The maximum atomic E-state index is 11.9. The zero-order chi connectivity index (χ0) is 12.3. The monoisotopic (exact) mass is 255 g/mol. The van der Waals surface area contributed by atoms with Crippen LogP contribution in [-0.4, -0.2) is 36.1 Å². The van der Waals surface area contributed by atoms with E-state index in [1.54, 1.807) is 6.07 Å². The lowest BCUT2D eigenvalue weighted by Gasteiger charge is -2.23. The van der Waals surface area contributed by atoms with Gasteiger partial charge in [-0.05, 0) is 12.1 Å². The molecule has 1 aliphatic heterocycles. The number of fused-ring (bicyclic) bond motifs is 1. The first kappa shape index (κ1) is 12.2. The molecular formula is C12H14ClNO3. The zero-order valence-electron chi connectivity index (χ0n) is 9.30. The summed E-state index contributed by atoms with van der Waals surface area (Å²) in [5.41, 5.74) is 0.694. The van der Waals surface area contributed by atoms with Gasteiger partial charge in [-0.25, -0.2) is 0 Å². The Labute approximate surface area is 105 Å². The van der Waals surface area contributed by atoms with Crippen molar-refractivity contribution < 1.29 is 14.6 Å². The van der Waals surface area contributed by atoms with Gasteiger partial charge in [-0.15, -0.1) is 11.6 Å².